The zero-order valence-corrected chi connectivity index (χ0v) is 42.8. The SMILES string of the molecule is CCCCCCCCC/C=C\CCCCCC(=O)OC(COC(=O)CCCCCCCCCCCCCCCCC)COP(=O)(O)OC1C(O)C(O)C(O)C(O)C1OC1OC(CO)C(O)C(O)C1O. The van der Waals surface area contributed by atoms with Gasteiger partial charge < -0.3 is 64.7 Å². The number of hydrogen-bond donors (Lipinski definition) is 9. The van der Waals surface area contributed by atoms with Crippen LogP contribution in [0.4, 0.5) is 0 Å². The highest BCUT2D eigenvalue weighted by molar-refractivity contribution is 7.47. The Morgan fingerprint density at radius 2 is 0.957 bits per heavy atom. The minimum atomic E-state index is -5.38. The first-order valence-electron chi connectivity index (χ1n) is 26.5. The minimum absolute atomic E-state index is 0.0158. The van der Waals surface area contributed by atoms with Crippen molar-refractivity contribution in [1.29, 1.82) is 0 Å². The molecule has 406 valence electrons. The lowest BCUT2D eigenvalue weighted by Gasteiger charge is -2.47. The number of hydrogen-bond acceptors (Lipinski definition) is 17. The van der Waals surface area contributed by atoms with E-state index in [0.29, 0.717) is 12.8 Å². The summed E-state index contributed by atoms with van der Waals surface area (Å²) in [5, 5.41) is 83.0. The van der Waals surface area contributed by atoms with Crippen LogP contribution < -0.4 is 0 Å². The first-order valence-corrected chi connectivity index (χ1v) is 28.0. The molecule has 69 heavy (non-hydrogen) atoms. The van der Waals surface area contributed by atoms with Gasteiger partial charge in [0.1, 0.15) is 67.6 Å². The second-order valence-electron chi connectivity index (χ2n) is 19.1. The molecule has 0 aromatic carbocycles. The second-order valence-corrected chi connectivity index (χ2v) is 20.5. The van der Waals surface area contributed by atoms with E-state index in [9.17, 15) is 59.9 Å². The van der Waals surface area contributed by atoms with Gasteiger partial charge in [-0.2, -0.15) is 0 Å². The van der Waals surface area contributed by atoms with Crippen LogP contribution in [-0.2, 0) is 42.1 Å². The van der Waals surface area contributed by atoms with Crippen LogP contribution in [0.15, 0.2) is 12.2 Å². The van der Waals surface area contributed by atoms with E-state index >= 15 is 0 Å². The van der Waals surface area contributed by atoms with E-state index < -0.39 is 113 Å². The normalized spacial score (nSPS) is 27.6. The molecule has 0 radical (unpaired) electrons. The van der Waals surface area contributed by atoms with Crippen LogP contribution in [0.3, 0.4) is 0 Å². The molecule has 13 unspecified atom stereocenters. The topological polar surface area (TPSA) is 289 Å². The van der Waals surface area contributed by atoms with E-state index in [1.165, 1.54) is 109 Å². The van der Waals surface area contributed by atoms with Crippen molar-refractivity contribution in [2.24, 2.45) is 0 Å². The van der Waals surface area contributed by atoms with E-state index in [1.807, 2.05) is 0 Å². The number of carbonyl (C=O) groups is 2. The summed E-state index contributed by atoms with van der Waals surface area (Å²) < 4.78 is 45.5. The average Bonchev–Trinajstić information content (AvgIpc) is 3.33. The van der Waals surface area contributed by atoms with E-state index in [2.05, 4.69) is 26.0 Å². The fourth-order valence-electron chi connectivity index (χ4n) is 8.58. The van der Waals surface area contributed by atoms with Gasteiger partial charge in [-0.1, -0.05) is 161 Å². The van der Waals surface area contributed by atoms with Gasteiger partial charge in [0.25, 0.3) is 0 Å². The zero-order valence-electron chi connectivity index (χ0n) is 41.9. The summed E-state index contributed by atoms with van der Waals surface area (Å²) in [5.74, 6) is -1.23. The van der Waals surface area contributed by atoms with Gasteiger partial charge in [-0.15, -0.1) is 0 Å². The highest BCUT2D eigenvalue weighted by Gasteiger charge is 2.55. The standard InChI is InChI=1S/C50H93O18P/c1-3-5-7-9-11-13-15-17-19-21-22-24-26-28-30-32-39(52)63-35-37(65-40(53)33-31-29-27-25-23-20-18-16-14-12-10-8-6-4-2)36-64-69(61,62)68-49-46(59)44(57)43(56)45(58)48(49)67-50-47(60)42(55)41(54)38(34-51)66-50/h20,23,37-38,41-51,54-60H,3-19,21-22,24-36H2,1-2H3,(H,61,62)/b23-20-. The molecular weight excluding hydrogens is 920 g/mol. The second kappa shape index (κ2) is 38.0. The number of ether oxygens (including phenoxy) is 4. The summed E-state index contributed by atoms with van der Waals surface area (Å²) in [5.41, 5.74) is 0. The maximum absolute atomic E-state index is 13.4. The molecule has 2 fully saturated rings. The number of carbonyl (C=O) groups excluding carboxylic acids is 2. The molecule has 0 aromatic rings. The first kappa shape index (κ1) is 63.5. The van der Waals surface area contributed by atoms with Crippen molar-refractivity contribution in [3.05, 3.63) is 12.2 Å². The molecule has 13 atom stereocenters. The number of aliphatic hydroxyl groups is 8. The van der Waals surface area contributed by atoms with Gasteiger partial charge in [-0.25, -0.2) is 4.57 Å². The lowest BCUT2D eigenvalue weighted by Crippen LogP contribution is -2.67. The quantitative estimate of drug-likeness (QED) is 0.0137. The molecule has 18 nitrogen and oxygen atoms in total. The maximum atomic E-state index is 13.4. The van der Waals surface area contributed by atoms with E-state index in [1.54, 1.807) is 0 Å². The Kier molecular flexibility index (Phi) is 35.0. The fraction of sp³-hybridized carbons (Fsp3) is 0.920. The molecule has 2 aliphatic rings. The average molecular weight is 1010 g/mol. The molecular formula is C50H93O18P. The van der Waals surface area contributed by atoms with Crippen molar-refractivity contribution in [1.82, 2.24) is 0 Å². The van der Waals surface area contributed by atoms with Crippen molar-refractivity contribution in [3.63, 3.8) is 0 Å². The molecule has 0 bridgehead atoms. The molecule has 19 heteroatoms. The molecule has 0 amide bonds. The maximum Gasteiger partial charge on any atom is 0.472 e. The molecule has 0 aromatic heterocycles. The van der Waals surface area contributed by atoms with Gasteiger partial charge in [0.05, 0.1) is 13.2 Å². The lowest BCUT2D eigenvalue weighted by molar-refractivity contribution is -0.338. The largest absolute Gasteiger partial charge is 0.472 e. The molecule has 2 rings (SSSR count). The van der Waals surface area contributed by atoms with Gasteiger partial charge in [0.2, 0.25) is 0 Å². The van der Waals surface area contributed by atoms with Gasteiger partial charge >= 0.3 is 19.8 Å². The van der Waals surface area contributed by atoms with Crippen LogP contribution in [0.5, 0.6) is 0 Å². The molecule has 1 aliphatic carbocycles. The Labute approximate surface area is 412 Å². The van der Waals surface area contributed by atoms with Gasteiger partial charge in [0, 0.05) is 12.8 Å². The molecule has 0 spiro atoms. The van der Waals surface area contributed by atoms with E-state index in [-0.39, 0.29) is 12.8 Å². The highest BCUT2D eigenvalue weighted by Crippen LogP contribution is 2.48. The van der Waals surface area contributed by atoms with Crippen molar-refractivity contribution in [2.45, 2.75) is 273 Å². The smallest absolute Gasteiger partial charge is 0.462 e. The highest BCUT2D eigenvalue weighted by atomic mass is 31.2. The third kappa shape index (κ3) is 26.8. The summed E-state index contributed by atoms with van der Waals surface area (Å²) in [6.07, 6.45) is 11.5. The summed E-state index contributed by atoms with van der Waals surface area (Å²) in [7, 11) is -5.38. The zero-order chi connectivity index (χ0) is 50.9. The van der Waals surface area contributed by atoms with Crippen molar-refractivity contribution in [2.75, 3.05) is 19.8 Å². The third-order valence-corrected chi connectivity index (χ3v) is 14.0. The molecule has 9 N–H and O–H groups in total. The Bertz CT molecular complexity index is 1390. The minimum Gasteiger partial charge on any atom is -0.462 e. The summed E-state index contributed by atoms with van der Waals surface area (Å²) in [4.78, 5) is 36.6. The number of rotatable bonds is 41. The summed E-state index contributed by atoms with van der Waals surface area (Å²) in [6, 6.07) is 0. The van der Waals surface area contributed by atoms with Crippen LogP contribution in [0.2, 0.25) is 0 Å². The predicted octanol–water partition coefficient (Wildman–Crippen LogP) is 6.49. The van der Waals surface area contributed by atoms with E-state index in [0.717, 1.165) is 51.4 Å². The molecule has 1 aliphatic heterocycles. The summed E-state index contributed by atoms with van der Waals surface area (Å²) >= 11 is 0. The predicted molar refractivity (Wildman–Crippen MR) is 259 cm³/mol. The van der Waals surface area contributed by atoms with Crippen LogP contribution >= 0.6 is 7.82 Å². The molecule has 1 saturated heterocycles. The lowest BCUT2D eigenvalue weighted by atomic mass is 9.84. The number of aliphatic hydroxyl groups excluding tert-OH is 8. The third-order valence-electron chi connectivity index (χ3n) is 13.0. The van der Waals surface area contributed by atoms with Gasteiger partial charge in [0.15, 0.2) is 12.4 Å². The van der Waals surface area contributed by atoms with Crippen molar-refractivity contribution in [3.8, 4) is 0 Å². The van der Waals surface area contributed by atoms with Gasteiger partial charge in [-0.05, 0) is 38.5 Å². The van der Waals surface area contributed by atoms with Crippen LogP contribution in [-0.4, -0.2) is 151 Å². The molecule has 1 heterocycles. The first-order chi connectivity index (χ1) is 33.2. The number of allylic oxidation sites excluding steroid dienone is 2. The Hall–Kier alpha value is -1.61. The number of esters is 2. The van der Waals surface area contributed by atoms with Crippen LogP contribution in [0.1, 0.15) is 200 Å². The number of unbranched alkanes of at least 4 members (excludes halogenated alkanes) is 24. The Balaban J connectivity index is 1.93. The fourth-order valence-corrected chi connectivity index (χ4v) is 9.55. The monoisotopic (exact) mass is 1010 g/mol. The van der Waals surface area contributed by atoms with Crippen LogP contribution in [0.25, 0.3) is 0 Å². The Morgan fingerprint density at radius 3 is 1.45 bits per heavy atom. The van der Waals surface area contributed by atoms with Crippen molar-refractivity contribution >= 4 is 19.8 Å². The number of phosphoric ester groups is 1. The van der Waals surface area contributed by atoms with Crippen LogP contribution in [0, 0.1) is 0 Å². The Morgan fingerprint density at radius 1 is 0.536 bits per heavy atom. The summed E-state index contributed by atoms with van der Waals surface area (Å²) in [6.45, 7) is 2.23. The van der Waals surface area contributed by atoms with Gasteiger partial charge in [-0.3, -0.25) is 18.6 Å². The van der Waals surface area contributed by atoms with Crippen molar-refractivity contribution < 1.29 is 87.9 Å². The van der Waals surface area contributed by atoms with E-state index in [4.69, 9.17) is 28.0 Å². The molecule has 1 saturated carbocycles. The number of phosphoric acid groups is 1.